The van der Waals surface area contributed by atoms with Crippen molar-refractivity contribution in [3.63, 3.8) is 0 Å². The summed E-state index contributed by atoms with van der Waals surface area (Å²) in [6, 6.07) is 9.48. The van der Waals surface area contributed by atoms with Crippen molar-refractivity contribution in [1.82, 2.24) is 4.90 Å². The molecule has 9 heteroatoms. The summed E-state index contributed by atoms with van der Waals surface area (Å²) in [7, 11) is 2.14. The van der Waals surface area contributed by atoms with E-state index in [0.29, 0.717) is 16.6 Å². The monoisotopic (exact) mass is 603 g/mol. The van der Waals surface area contributed by atoms with Gasteiger partial charge >= 0.3 is 0 Å². The number of piperazine rings is 1. The van der Waals surface area contributed by atoms with Crippen molar-refractivity contribution in [2.75, 3.05) is 55.3 Å². The van der Waals surface area contributed by atoms with Crippen LogP contribution in [-0.2, 0) is 4.79 Å². The fourth-order valence-electron chi connectivity index (χ4n) is 3.70. The average molecular weight is 606 g/mol. The van der Waals surface area contributed by atoms with Crippen LogP contribution in [0.1, 0.15) is 5.56 Å². The fraction of sp³-hybridized carbons (Fsp3) is 0.318. The van der Waals surface area contributed by atoms with Gasteiger partial charge in [0.15, 0.2) is 0 Å². The van der Waals surface area contributed by atoms with E-state index in [-0.39, 0.29) is 5.91 Å². The summed E-state index contributed by atoms with van der Waals surface area (Å²) < 4.78 is 1.97. The van der Waals surface area contributed by atoms with Crippen molar-refractivity contribution >= 4 is 90.2 Å². The SMILES string of the molecule is CN1CCN(c2cc(Br)cc(Br)c2C=C2SCCN(c3ccc(Cl)c(Cl)c3)C2=O)CC1. The van der Waals surface area contributed by atoms with Crippen LogP contribution in [0, 0.1) is 0 Å². The second kappa shape index (κ2) is 10.1. The Kier molecular flexibility index (Phi) is 7.61. The normalized spacial score (nSPS) is 19.4. The third-order valence-electron chi connectivity index (χ3n) is 5.44. The van der Waals surface area contributed by atoms with E-state index in [0.717, 1.165) is 62.7 Å². The highest BCUT2D eigenvalue weighted by Gasteiger charge is 2.27. The first-order valence-corrected chi connectivity index (χ1v) is 13.2. The number of thioether (sulfide) groups is 1. The third kappa shape index (κ3) is 5.28. The van der Waals surface area contributed by atoms with E-state index in [4.69, 9.17) is 23.2 Å². The number of nitrogens with zero attached hydrogens (tertiary/aromatic N) is 3. The topological polar surface area (TPSA) is 26.8 Å². The highest BCUT2D eigenvalue weighted by Crippen LogP contribution is 2.38. The summed E-state index contributed by atoms with van der Waals surface area (Å²) in [5.41, 5.74) is 2.92. The Morgan fingerprint density at radius 1 is 1.00 bits per heavy atom. The number of rotatable bonds is 3. The Bertz CT molecular complexity index is 1040. The summed E-state index contributed by atoms with van der Waals surface area (Å²) in [5, 5.41) is 0.930. The van der Waals surface area contributed by atoms with Gasteiger partial charge < -0.3 is 14.7 Å². The van der Waals surface area contributed by atoms with Crippen molar-refractivity contribution in [3.8, 4) is 0 Å². The molecule has 0 radical (unpaired) electrons. The molecule has 2 heterocycles. The smallest absolute Gasteiger partial charge is 0.264 e. The van der Waals surface area contributed by atoms with Gasteiger partial charge in [0, 0.05) is 64.4 Å². The van der Waals surface area contributed by atoms with Gasteiger partial charge in [-0.3, -0.25) is 4.79 Å². The predicted molar refractivity (Wildman–Crippen MR) is 141 cm³/mol. The van der Waals surface area contributed by atoms with Crippen LogP contribution in [0.5, 0.6) is 0 Å². The lowest BCUT2D eigenvalue weighted by Crippen LogP contribution is -2.44. The van der Waals surface area contributed by atoms with Crippen molar-refractivity contribution < 1.29 is 4.79 Å². The lowest BCUT2D eigenvalue weighted by molar-refractivity contribution is -0.114. The van der Waals surface area contributed by atoms with E-state index in [1.807, 2.05) is 18.2 Å². The molecule has 164 valence electrons. The number of benzene rings is 2. The minimum absolute atomic E-state index is 0.0196. The van der Waals surface area contributed by atoms with Gasteiger partial charge in [-0.15, -0.1) is 11.8 Å². The summed E-state index contributed by atoms with van der Waals surface area (Å²) in [6.45, 7) is 4.56. The van der Waals surface area contributed by atoms with Crippen LogP contribution in [0.4, 0.5) is 11.4 Å². The Labute approximate surface area is 213 Å². The molecule has 0 aromatic heterocycles. The van der Waals surface area contributed by atoms with E-state index < -0.39 is 0 Å². The molecule has 2 aliphatic heterocycles. The van der Waals surface area contributed by atoms with Gasteiger partial charge in [-0.2, -0.15) is 0 Å². The molecule has 2 fully saturated rings. The van der Waals surface area contributed by atoms with Crippen LogP contribution in [-0.4, -0.2) is 56.3 Å². The molecule has 2 aliphatic rings. The molecule has 0 N–H and O–H groups in total. The highest BCUT2D eigenvalue weighted by molar-refractivity contribution is 9.11. The average Bonchev–Trinajstić information content (AvgIpc) is 2.74. The minimum atomic E-state index is -0.0196. The molecule has 4 nitrogen and oxygen atoms in total. The Balaban J connectivity index is 1.69. The molecule has 1 amide bonds. The second-order valence-corrected chi connectivity index (χ2v) is 11.2. The molecule has 0 spiro atoms. The largest absolute Gasteiger partial charge is 0.368 e. The van der Waals surface area contributed by atoms with E-state index in [1.54, 1.807) is 28.8 Å². The number of carbonyl (C=O) groups excluding carboxylic acids is 1. The van der Waals surface area contributed by atoms with Crippen molar-refractivity contribution in [3.05, 3.63) is 59.8 Å². The maximum Gasteiger partial charge on any atom is 0.264 e. The van der Waals surface area contributed by atoms with Gasteiger partial charge in [-0.25, -0.2) is 0 Å². The molecule has 0 saturated carbocycles. The molecule has 0 bridgehead atoms. The summed E-state index contributed by atoms with van der Waals surface area (Å²) >= 11 is 21.2. The number of hydrogen-bond acceptors (Lipinski definition) is 4. The summed E-state index contributed by atoms with van der Waals surface area (Å²) in [4.78, 5) is 20.6. The first-order valence-electron chi connectivity index (χ1n) is 9.87. The van der Waals surface area contributed by atoms with Crippen molar-refractivity contribution in [1.29, 1.82) is 0 Å². The van der Waals surface area contributed by atoms with Gasteiger partial charge in [0.05, 0.1) is 15.0 Å². The van der Waals surface area contributed by atoms with Gasteiger partial charge in [-0.1, -0.05) is 55.1 Å². The maximum atomic E-state index is 13.4. The van der Waals surface area contributed by atoms with Crippen molar-refractivity contribution in [2.45, 2.75) is 0 Å². The van der Waals surface area contributed by atoms with E-state index in [1.165, 1.54) is 0 Å². The standard InChI is InChI=1S/C22H21Br2Cl2N3OS/c1-27-4-6-28(7-5-27)20-11-14(23)10-17(24)16(20)13-21-22(30)29(8-9-31-21)15-2-3-18(25)19(26)12-15/h2-3,10-13H,4-9H2,1H3. The van der Waals surface area contributed by atoms with E-state index in [2.05, 4.69) is 54.8 Å². The van der Waals surface area contributed by atoms with Crippen LogP contribution < -0.4 is 9.80 Å². The number of carbonyl (C=O) groups is 1. The maximum absolute atomic E-state index is 13.4. The van der Waals surface area contributed by atoms with Crippen LogP contribution >= 0.6 is 66.8 Å². The highest BCUT2D eigenvalue weighted by atomic mass is 79.9. The third-order valence-corrected chi connectivity index (χ3v) is 8.28. The Morgan fingerprint density at radius 3 is 2.45 bits per heavy atom. The zero-order valence-corrected chi connectivity index (χ0v) is 22.4. The van der Waals surface area contributed by atoms with E-state index in [9.17, 15) is 4.79 Å². The van der Waals surface area contributed by atoms with Crippen LogP contribution in [0.2, 0.25) is 10.0 Å². The zero-order chi connectivity index (χ0) is 22.1. The lowest BCUT2D eigenvalue weighted by atomic mass is 10.1. The number of anilines is 2. The van der Waals surface area contributed by atoms with Gasteiger partial charge in [0.1, 0.15) is 0 Å². The van der Waals surface area contributed by atoms with Crippen LogP contribution in [0.3, 0.4) is 0 Å². The molecular formula is C22H21Br2Cl2N3OS. The second-order valence-electron chi connectivity index (χ2n) is 7.52. The molecular weight excluding hydrogens is 585 g/mol. The number of likely N-dealkylation sites (N-methyl/N-ethyl adjacent to an activating group) is 1. The summed E-state index contributed by atoms with van der Waals surface area (Å²) in [6.07, 6.45) is 2.01. The number of halogens is 4. The predicted octanol–water partition coefficient (Wildman–Crippen LogP) is 6.39. The minimum Gasteiger partial charge on any atom is -0.368 e. The van der Waals surface area contributed by atoms with Gasteiger partial charge in [-0.05, 0) is 43.5 Å². The summed E-state index contributed by atoms with van der Waals surface area (Å²) in [5.74, 6) is 0.796. The quantitative estimate of drug-likeness (QED) is 0.379. The first kappa shape index (κ1) is 23.5. The Hall–Kier alpha value is -0.700. The zero-order valence-electron chi connectivity index (χ0n) is 16.9. The molecule has 0 aliphatic carbocycles. The van der Waals surface area contributed by atoms with Gasteiger partial charge in [0.25, 0.3) is 5.91 Å². The molecule has 31 heavy (non-hydrogen) atoms. The van der Waals surface area contributed by atoms with Gasteiger partial charge in [0.2, 0.25) is 0 Å². The first-order chi connectivity index (χ1) is 14.8. The number of amides is 1. The molecule has 2 aromatic rings. The molecule has 2 aromatic carbocycles. The molecule has 0 unspecified atom stereocenters. The fourth-order valence-corrected chi connectivity index (χ4v) is 6.24. The number of hydrogen-bond donors (Lipinski definition) is 0. The molecule has 4 rings (SSSR count). The van der Waals surface area contributed by atoms with Crippen molar-refractivity contribution in [2.24, 2.45) is 0 Å². The van der Waals surface area contributed by atoms with Crippen LogP contribution in [0.15, 0.2) is 44.2 Å². The van der Waals surface area contributed by atoms with E-state index >= 15 is 0 Å². The Morgan fingerprint density at radius 2 is 1.74 bits per heavy atom. The molecule has 2 saturated heterocycles. The van der Waals surface area contributed by atoms with Crippen LogP contribution in [0.25, 0.3) is 6.08 Å². The lowest BCUT2D eigenvalue weighted by Gasteiger charge is -2.35. The molecule has 0 atom stereocenters.